The topological polar surface area (TPSA) is 83.6 Å². The Morgan fingerprint density at radius 1 is 1.33 bits per heavy atom. The Bertz CT molecular complexity index is 695. The van der Waals surface area contributed by atoms with Gasteiger partial charge in [0.1, 0.15) is 5.54 Å². The van der Waals surface area contributed by atoms with Crippen LogP contribution in [-0.2, 0) is 14.6 Å². The summed E-state index contributed by atoms with van der Waals surface area (Å²) in [6, 6.07) is 5.88. The van der Waals surface area contributed by atoms with Crippen LogP contribution >= 0.6 is 0 Å². The summed E-state index contributed by atoms with van der Waals surface area (Å²) in [4.78, 5) is 26.0. The van der Waals surface area contributed by atoms with Crippen LogP contribution in [0.5, 0.6) is 0 Å². The molecule has 2 rings (SSSR count). The highest BCUT2D eigenvalue weighted by atomic mass is 32.2. The molecule has 0 radical (unpaired) electrons. The molecule has 1 heterocycles. The van der Waals surface area contributed by atoms with Crippen molar-refractivity contribution in [1.29, 1.82) is 0 Å². The Balaban J connectivity index is 2.38. The highest BCUT2D eigenvalue weighted by molar-refractivity contribution is 7.90. The molecule has 1 fully saturated rings. The number of nitrogens with one attached hydrogen (secondary N) is 1. The van der Waals surface area contributed by atoms with Crippen LogP contribution in [0, 0.1) is 0 Å². The van der Waals surface area contributed by atoms with Crippen LogP contribution in [0.1, 0.15) is 24.2 Å². The second-order valence-corrected chi connectivity index (χ2v) is 7.59. The van der Waals surface area contributed by atoms with E-state index in [2.05, 4.69) is 5.32 Å². The van der Waals surface area contributed by atoms with Gasteiger partial charge >= 0.3 is 0 Å². The van der Waals surface area contributed by atoms with E-state index in [9.17, 15) is 18.0 Å². The number of carbonyl (C=O) groups excluding carboxylic acids is 2. The summed E-state index contributed by atoms with van der Waals surface area (Å²) >= 11 is 0. The van der Waals surface area contributed by atoms with E-state index in [-0.39, 0.29) is 22.3 Å². The molecule has 6 nitrogen and oxygen atoms in total. The number of hydrogen-bond donors (Lipinski definition) is 1. The van der Waals surface area contributed by atoms with E-state index in [1.807, 2.05) is 0 Å². The van der Waals surface area contributed by atoms with E-state index in [0.717, 1.165) is 6.26 Å². The summed E-state index contributed by atoms with van der Waals surface area (Å²) in [5.41, 5.74) is -0.697. The first-order valence-corrected chi connectivity index (χ1v) is 8.43. The molecule has 0 bridgehead atoms. The van der Waals surface area contributed by atoms with Crippen molar-refractivity contribution in [1.82, 2.24) is 10.2 Å². The molecule has 1 aromatic rings. The number of sulfone groups is 1. The minimum absolute atomic E-state index is 0.0904. The van der Waals surface area contributed by atoms with Crippen LogP contribution in [0.25, 0.3) is 0 Å². The molecule has 2 amide bonds. The third-order valence-electron chi connectivity index (χ3n) is 3.61. The number of amides is 2. The van der Waals surface area contributed by atoms with Gasteiger partial charge in [0.2, 0.25) is 5.91 Å². The van der Waals surface area contributed by atoms with Gasteiger partial charge in [-0.2, -0.15) is 0 Å². The van der Waals surface area contributed by atoms with E-state index < -0.39 is 15.4 Å². The van der Waals surface area contributed by atoms with Gasteiger partial charge in [0.25, 0.3) is 5.91 Å². The molecule has 0 atom stereocenters. The second kappa shape index (κ2) is 5.14. The Hall–Kier alpha value is -1.89. The molecule has 7 heteroatoms. The molecular formula is C14H18N2O4S. The molecule has 1 aromatic carbocycles. The van der Waals surface area contributed by atoms with Crippen molar-refractivity contribution >= 4 is 21.7 Å². The van der Waals surface area contributed by atoms with E-state index >= 15 is 0 Å². The fourth-order valence-corrected chi connectivity index (χ4v) is 2.94. The molecule has 0 aromatic heterocycles. The van der Waals surface area contributed by atoms with Gasteiger partial charge in [-0.3, -0.25) is 9.59 Å². The lowest BCUT2D eigenvalue weighted by atomic mass is 9.97. The Morgan fingerprint density at radius 2 is 2.00 bits per heavy atom. The van der Waals surface area contributed by atoms with Gasteiger partial charge in [-0.25, -0.2) is 8.42 Å². The van der Waals surface area contributed by atoms with E-state index in [4.69, 9.17) is 0 Å². The fraction of sp³-hybridized carbons (Fsp3) is 0.429. The maximum Gasteiger partial charge on any atom is 0.254 e. The first-order chi connectivity index (χ1) is 9.64. The van der Waals surface area contributed by atoms with Gasteiger partial charge in [-0.15, -0.1) is 0 Å². The molecular weight excluding hydrogens is 292 g/mol. The number of carbonyl (C=O) groups is 2. The Labute approximate surface area is 124 Å². The molecule has 1 N–H and O–H groups in total. The minimum atomic E-state index is -3.38. The lowest BCUT2D eigenvalue weighted by Crippen LogP contribution is -2.63. The predicted octanol–water partition coefficient (Wildman–Crippen LogP) is 0.441. The van der Waals surface area contributed by atoms with Crippen molar-refractivity contribution in [2.24, 2.45) is 0 Å². The van der Waals surface area contributed by atoms with Crippen LogP contribution in [0.2, 0.25) is 0 Å². The zero-order chi connectivity index (χ0) is 15.8. The van der Waals surface area contributed by atoms with Crippen LogP contribution in [0.4, 0.5) is 0 Å². The maximum atomic E-state index is 12.6. The minimum Gasteiger partial charge on any atom is -0.352 e. The molecule has 0 spiro atoms. The highest BCUT2D eigenvalue weighted by Gasteiger charge is 2.40. The zero-order valence-corrected chi connectivity index (χ0v) is 13.0. The van der Waals surface area contributed by atoms with E-state index in [1.165, 1.54) is 23.1 Å². The summed E-state index contributed by atoms with van der Waals surface area (Å²) in [5.74, 6) is -0.568. The summed E-state index contributed by atoms with van der Waals surface area (Å²) in [7, 11) is -3.38. The van der Waals surface area contributed by atoms with Gasteiger partial charge in [0.05, 0.1) is 4.90 Å². The van der Waals surface area contributed by atoms with Gasteiger partial charge in [-0.1, -0.05) is 6.07 Å². The van der Waals surface area contributed by atoms with Gasteiger partial charge in [0, 0.05) is 24.9 Å². The number of nitrogens with zero attached hydrogens (tertiary/aromatic N) is 1. The predicted molar refractivity (Wildman–Crippen MR) is 77.7 cm³/mol. The lowest BCUT2D eigenvalue weighted by molar-refractivity contribution is -0.133. The normalized spacial score (nSPS) is 18.2. The summed E-state index contributed by atoms with van der Waals surface area (Å²) in [5, 5.41) is 2.72. The number of rotatable bonds is 2. The van der Waals surface area contributed by atoms with Crippen molar-refractivity contribution in [2.75, 3.05) is 19.3 Å². The van der Waals surface area contributed by atoms with Crippen molar-refractivity contribution in [3.05, 3.63) is 29.8 Å². The second-order valence-electron chi connectivity index (χ2n) is 5.57. The molecule has 0 saturated carbocycles. The van der Waals surface area contributed by atoms with Gasteiger partial charge in [0.15, 0.2) is 9.84 Å². The summed E-state index contributed by atoms with van der Waals surface area (Å²) < 4.78 is 23.1. The number of benzene rings is 1. The molecule has 0 unspecified atom stereocenters. The van der Waals surface area contributed by atoms with Gasteiger partial charge in [-0.05, 0) is 32.0 Å². The average Bonchev–Trinajstić information content (AvgIpc) is 2.40. The first kappa shape index (κ1) is 15.5. The average molecular weight is 310 g/mol. The molecule has 1 aliphatic rings. The summed E-state index contributed by atoms with van der Waals surface area (Å²) in [6.07, 6.45) is 1.09. The largest absolute Gasteiger partial charge is 0.352 e. The zero-order valence-electron chi connectivity index (χ0n) is 12.2. The molecule has 21 heavy (non-hydrogen) atoms. The Morgan fingerprint density at radius 3 is 2.62 bits per heavy atom. The quantitative estimate of drug-likeness (QED) is 0.859. The monoisotopic (exact) mass is 310 g/mol. The smallest absolute Gasteiger partial charge is 0.254 e. The SMILES string of the molecule is CC1(C)C(=O)NCCN1C(=O)c1cccc(S(C)(=O)=O)c1. The highest BCUT2D eigenvalue weighted by Crippen LogP contribution is 2.22. The lowest BCUT2D eigenvalue weighted by Gasteiger charge is -2.41. The van der Waals surface area contributed by atoms with Crippen LogP contribution in [-0.4, -0.2) is 50.0 Å². The van der Waals surface area contributed by atoms with Crippen molar-refractivity contribution < 1.29 is 18.0 Å². The van der Waals surface area contributed by atoms with E-state index in [0.29, 0.717) is 13.1 Å². The molecule has 0 aliphatic carbocycles. The first-order valence-electron chi connectivity index (χ1n) is 6.54. The van der Waals surface area contributed by atoms with Crippen molar-refractivity contribution in [3.63, 3.8) is 0 Å². The van der Waals surface area contributed by atoms with E-state index in [1.54, 1.807) is 19.9 Å². The Kier molecular flexibility index (Phi) is 3.79. The maximum absolute atomic E-state index is 12.6. The standard InChI is InChI=1S/C14H18N2O4S/c1-14(2)13(18)15-7-8-16(14)12(17)10-5-4-6-11(9-10)21(3,19)20/h4-6,9H,7-8H2,1-3H3,(H,15,18). The van der Waals surface area contributed by atoms with Crippen LogP contribution < -0.4 is 5.32 Å². The third-order valence-corrected chi connectivity index (χ3v) is 4.72. The fourth-order valence-electron chi connectivity index (χ4n) is 2.27. The molecule has 114 valence electrons. The van der Waals surface area contributed by atoms with Crippen LogP contribution in [0.3, 0.4) is 0 Å². The molecule has 1 aliphatic heterocycles. The summed E-state index contributed by atoms with van der Waals surface area (Å²) in [6.45, 7) is 4.11. The van der Waals surface area contributed by atoms with Crippen molar-refractivity contribution in [3.8, 4) is 0 Å². The number of hydrogen-bond acceptors (Lipinski definition) is 4. The van der Waals surface area contributed by atoms with Crippen LogP contribution in [0.15, 0.2) is 29.2 Å². The third kappa shape index (κ3) is 2.92. The van der Waals surface area contributed by atoms with Crippen molar-refractivity contribution in [2.45, 2.75) is 24.3 Å². The molecule has 1 saturated heterocycles. The van der Waals surface area contributed by atoms with Gasteiger partial charge < -0.3 is 10.2 Å². The number of piperazine rings is 1.